The van der Waals surface area contributed by atoms with Crippen LogP contribution < -0.4 is 5.32 Å². The molecule has 2 aromatic rings. The van der Waals surface area contributed by atoms with Crippen molar-refractivity contribution in [2.24, 2.45) is 0 Å². The molecule has 112 valence electrons. The van der Waals surface area contributed by atoms with E-state index in [1.807, 2.05) is 23.1 Å². The van der Waals surface area contributed by atoms with Crippen molar-refractivity contribution in [3.05, 3.63) is 72.1 Å². The Hall–Kier alpha value is -2.62. The Bertz CT molecular complexity index is 679. The zero-order valence-electron chi connectivity index (χ0n) is 12.5. The van der Waals surface area contributed by atoms with E-state index >= 15 is 0 Å². The zero-order chi connectivity index (χ0) is 15.4. The third-order valence-corrected chi connectivity index (χ3v) is 3.85. The lowest BCUT2D eigenvalue weighted by Gasteiger charge is -2.28. The molecule has 4 nitrogen and oxygen atoms in total. The van der Waals surface area contributed by atoms with Crippen molar-refractivity contribution in [1.29, 1.82) is 0 Å². The monoisotopic (exact) mass is 293 g/mol. The predicted molar refractivity (Wildman–Crippen MR) is 87.8 cm³/mol. The van der Waals surface area contributed by atoms with E-state index in [2.05, 4.69) is 29.0 Å². The molecule has 3 rings (SSSR count). The molecule has 0 unspecified atom stereocenters. The van der Waals surface area contributed by atoms with Crippen molar-refractivity contribution in [2.45, 2.75) is 13.0 Å². The third kappa shape index (κ3) is 3.01. The van der Waals surface area contributed by atoms with Crippen LogP contribution in [0.4, 0.5) is 5.69 Å². The molecule has 2 heterocycles. The highest BCUT2D eigenvalue weighted by molar-refractivity contribution is 5.92. The summed E-state index contributed by atoms with van der Waals surface area (Å²) in [6, 6.07) is 11.9. The number of carbonyl (C=O) groups is 1. The quantitative estimate of drug-likeness (QED) is 0.882. The highest BCUT2D eigenvalue weighted by atomic mass is 16.2. The molecular weight excluding hydrogens is 274 g/mol. The smallest absolute Gasteiger partial charge is 0.272 e. The molecule has 4 heteroatoms. The van der Waals surface area contributed by atoms with Gasteiger partial charge >= 0.3 is 0 Å². The summed E-state index contributed by atoms with van der Waals surface area (Å²) in [5.41, 5.74) is 3.94. The normalized spacial score (nSPS) is 13.4. The van der Waals surface area contributed by atoms with E-state index < -0.39 is 0 Å². The fraction of sp³-hybridized carbons (Fsp3) is 0.222. The van der Waals surface area contributed by atoms with Gasteiger partial charge in [-0.1, -0.05) is 30.3 Å². The van der Waals surface area contributed by atoms with Crippen molar-refractivity contribution >= 4 is 11.6 Å². The van der Waals surface area contributed by atoms with Crippen molar-refractivity contribution in [3.63, 3.8) is 0 Å². The number of hydrogen-bond donors (Lipinski definition) is 1. The molecule has 22 heavy (non-hydrogen) atoms. The highest BCUT2D eigenvalue weighted by Gasteiger charge is 2.22. The van der Waals surface area contributed by atoms with Gasteiger partial charge < -0.3 is 10.2 Å². The van der Waals surface area contributed by atoms with E-state index in [9.17, 15) is 4.79 Å². The fourth-order valence-corrected chi connectivity index (χ4v) is 2.65. The molecule has 1 aliphatic heterocycles. The molecule has 1 aliphatic rings. The molecule has 0 atom stereocenters. The van der Waals surface area contributed by atoms with Crippen LogP contribution >= 0.6 is 0 Å². The number of aromatic nitrogens is 1. The van der Waals surface area contributed by atoms with Gasteiger partial charge in [0, 0.05) is 19.6 Å². The Labute approximate surface area is 130 Å². The van der Waals surface area contributed by atoms with Crippen molar-refractivity contribution in [2.75, 3.05) is 18.4 Å². The van der Waals surface area contributed by atoms with Gasteiger partial charge in [0.1, 0.15) is 5.69 Å². The molecule has 1 aromatic heterocycles. The van der Waals surface area contributed by atoms with Crippen LogP contribution in [-0.2, 0) is 13.0 Å². The van der Waals surface area contributed by atoms with Crippen LogP contribution in [0.3, 0.4) is 0 Å². The van der Waals surface area contributed by atoms with Gasteiger partial charge in [0.2, 0.25) is 0 Å². The average molecular weight is 293 g/mol. The number of nitrogens with zero attached hydrogens (tertiary/aromatic N) is 2. The van der Waals surface area contributed by atoms with Crippen LogP contribution in [-0.4, -0.2) is 28.9 Å². The Balaban J connectivity index is 1.70. The lowest BCUT2D eigenvalue weighted by molar-refractivity contribution is 0.0729. The van der Waals surface area contributed by atoms with Crippen LogP contribution in [0.1, 0.15) is 21.6 Å². The predicted octanol–water partition coefficient (Wildman–Crippen LogP) is 2.88. The van der Waals surface area contributed by atoms with Gasteiger partial charge in [0.15, 0.2) is 0 Å². The van der Waals surface area contributed by atoms with Gasteiger partial charge in [0.25, 0.3) is 5.91 Å². The maximum atomic E-state index is 12.6. The van der Waals surface area contributed by atoms with Crippen LogP contribution in [0.2, 0.25) is 0 Å². The first-order valence-electron chi connectivity index (χ1n) is 7.45. The van der Waals surface area contributed by atoms with Crippen LogP contribution in [0, 0.1) is 0 Å². The SMILES string of the molecule is C=CCNc1ccc(C(=O)N2CCc3ccccc3C2)nc1. The summed E-state index contributed by atoms with van der Waals surface area (Å²) in [5, 5.41) is 3.15. The van der Waals surface area contributed by atoms with E-state index in [0.717, 1.165) is 18.7 Å². The summed E-state index contributed by atoms with van der Waals surface area (Å²) >= 11 is 0. The van der Waals surface area contributed by atoms with Crippen LogP contribution in [0.5, 0.6) is 0 Å². The minimum absolute atomic E-state index is 0.00947. The first-order valence-corrected chi connectivity index (χ1v) is 7.45. The molecule has 0 radical (unpaired) electrons. The molecule has 0 bridgehead atoms. The third-order valence-electron chi connectivity index (χ3n) is 3.85. The molecule has 1 amide bonds. The number of benzene rings is 1. The van der Waals surface area contributed by atoms with Gasteiger partial charge in [-0.15, -0.1) is 6.58 Å². The molecule has 0 fully saturated rings. The van der Waals surface area contributed by atoms with Crippen LogP contribution in [0.15, 0.2) is 55.3 Å². The van der Waals surface area contributed by atoms with Crippen molar-refractivity contribution < 1.29 is 4.79 Å². The fourth-order valence-electron chi connectivity index (χ4n) is 2.65. The molecule has 0 aliphatic carbocycles. The summed E-state index contributed by atoms with van der Waals surface area (Å²) in [5.74, 6) is -0.00947. The van der Waals surface area contributed by atoms with Gasteiger partial charge in [-0.05, 0) is 29.7 Å². The van der Waals surface area contributed by atoms with Gasteiger partial charge in [-0.2, -0.15) is 0 Å². The summed E-state index contributed by atoms with van der Waals surface area (Å²) in [6.07, 6.45) is 4.37. The second-order valence-corrected chi connectivity index (χ2v) is 5.35. The number of nitrogens with one attached hydrogen (secondary N) is 1. The minimum atomic E-state index is -0.00947. The average Bonchev–Trinajstić information content (AvgIpc) is 2.59. The van der Waals surface area contributed by atoms with E-state index in [0.29, 0.717) is 18.8 Å². The number of fused-ring (bicyclic) bond motifs is 1. The molecule has 0 saturated heterocycles. The second kappa shape index (κ2) is 6.43. The molecule has 1 N–H and O–H groups in total. The zero-order valence-corrected chi connectivity index (χ0v) is 12.5. The Morgan fingerprint density at radius 3 is 2.82 bits per heavy atom. The molecule has 1 aromatic carbocycles. The van der Waals surface area contributed by atoms with Crippen LogP contribution in [0.25, 0.3) is 0 Å². The molecular formula is C18H19N3O. The summed E-state index contributed by atoms with van der Waals surface area (Å²) in [6.45, 7) is 5.74. The Morgan fingerprint density at radius 1 is 1.27 bits per heavy atom. The lowest BCUT2D eigenvalue weighted by Crippen LogP contribution is -2.36. The minimum Gasteiger partial charge on any atom is -0.380 e. The maximum absolute atomic E-state index is 12.6. The maximum Gasteiger partial charge on any atom is 0.272 e. The number of amides is 1. The summed E-state index contributed by atoms with van der Waals surface area (Å²) < 4.78 is 0. The number of pyridine rings is 1. The first kappa shape index (κ1) is 14.3. The van der Waals surface area contributed by atoms with Gasteiger partial charge in [-0.25, -0.2) is 4.98 Å². The first-order chi connectivity index (χ1) is 10.8. The topological polar surface area (TPSA) is 45.2 Å². The van der Waals surface area contributed by atoms with Crippen molar-refractivity contribution in [3.8, 4) is 0 Å². The summed E-state index contributed by atoms with van der Waals surface area (Å²) in [7, 11) is 0. The lowest BCUT2D eigenvalue weighted by atomic mass is 10.00. The molecule has 0 spiro atoms. The largest absolute Gasteiger partial charge is 0.380 e. The number of carbonyl (C=O) groups excluding carboxylic acids is 1. The van der Waals surface area contributed by atoms with E-state index in [-0.39, 0.29) is 5.91 Å². The second-order valence-electron chi connectivity index (χ2n) is 5.35. The van der Waals surface area contributed by atoms with Gasteiger partial charge in [0.05, 0.1) is 11.9 Å². The highest BCUT2D eigenvalue weighted by Crippen LogP contribution is 2.20. The number of hydrogen-bond acceptors (Lipinski definition) is 3. The van der Waals surface area contributed by atoms with Gasteiger partial charge in [-0.3, -0.25) is 4.79 Å². The number of rotatable bonds is 4. The Morgan fingerprint density at radius 2 is 2.09 bits per heavy atom. The summed E-state index contributed by atoms with van der Waals surface area (Å²) in [4.78, 5) is 18.7. The standard InChI is InChI=1S/C18H19N3O/c1-2-10-19-16-7-8-17(20-12-16)18(22)21-11-9-14-5-3-4-6-15(14)13-21/h2-8,12,19H,1,9-11,13H2. The molecule has 0 saturated carbocycles. The van der Waals surface area contributed by atoms with Crippen molar-refractivity contribution in [1.82, 2.24) is 9.88 Å². The number of anilines is 1. The van der Waals surface area contributed by atoms with E-state index in [1.165, 1.54) is 11.1 Å². The Kier molecular flexibility index (Phi) is 4.19. The van der Waals surface area contributed by atoms with E-state index in [4.69, 9.17) is 0 Å². The van der Waals surface area contributed by atoms with E-state index in [1.54, 1.807) is 18.3 Å².